The molecule has 0 aliphatic carbocycles. The van der Waals surface area contributed by atoms with Crippen molar-refractivity contribution < 1.29 is 13.2 Å². The molecule has 0 N–H and O–H groups in total. The quantitative estimate of drug-likeness (QED) is 0.745. The topological polar surface area (TPSA) is 22.8 Å². The lowest BCUT2D eigenvalue weighted by atomic mass is 10.2. The largest absolute Gasteiger partial charge is 0.452 e. The van der Waals surface area contributed by atoms with Gasteiger partial charge in [-0.2, -0.15) is 13.2 Å². The molecule has 0 amide bonds. The summed E-state index contributed by atoms with van der Waals surface area (Å²) in [6.07, 6.45) is -4.59. The molecule has 0 bridgehead atoms. The second-order valence-corrected chi connectivity index (χ2v) is 4.72. The molecule has 0 fully saturated rings. The average Bonchev–Trinajstić information content (AvgIpc) is 2.60. The standard InChI is InChI=1S/C11H9ClF3N3S/c1-6-7(12)4-3-5-8(6)18-9(11(13,14)15)16-17(2)10(18)19/h3-5H,1-2H3. The number of aryl methyl sites for hydroxylation is 1. The molecule has 0 atom stereocenters. The molecule has 102 valence electrons. The monoisotopic (exact) mass is 307 g/mol. The summed E-state index contributed by atoms with van der Waals surface area (Å²) in [5.74, 6) is -1.06. The van der Waals surface area contributed by atoms with Gasteiger partial charge in [-0.1, -0.05) is 17.7 Å². The van der Waals surface area contributed by atoms with E-state index in [0.29, 0.717) is 10.6 Å². The molecule has 0 radical (unpaired) electrons. The normalized spacial score (nSPS) is 11.9. The third-order valence-corrected chi connectivity index (χ3v) is 3.51. The molecule has 0 spiro atoms. The Morgan fingerprint density at radius 3 is 2.53 bits per heavy atom. The molecule has 1 aromatic heterocycles. The van der Waals surface area contributed by atoms with Crippen molar-refractivity contribution in [3.63, 3.8) is 0 Å². The van der Waals surface area contributed by atoms with Crippen LogP contribution in [0.3, 0.4) is 0 Å². The highest BCUT2D eigenvalue weighted by molar-refractivity contribution is 7.71. The summed E-state index contributed by atoms with van der Waals surface area (Å²) in [5, 5.41) is 3.81. The van der Waals surface area contributed by atoms with Crippen LogP contribution in [0.25, 0.3) is 5.69 Å². The smallest absolute Gasteiger partial charge is 0.264 e. The molecule has 0 unspecified atom stereocenters. The van der Waals surface area contributed by atoms with Crippen molar-refractivity contribution in [2.75, 3.05) is 0 Å². The molecule has 1 aromatic carbocycles. The zero-order valence-electron chi connectivity index (χ0n) is 9.99. The fraction of sp³-hybridized carbons (Fsp3) is 0.273. The maximum Gasteiger partial charge on any atom is 0.452 e. The van der Waals surface area contributed by atoms with Crippen LogP contribution in [0.15, 0.2) is 18.2 Å². The Balaban J connectivity index is 2.83. The van der Waals surface area contributed by atoms with Crippen molar-refractivity contribution in [3.8, 4) is 5.69 Å². The molecule has 3 nitrogen and oxygen atoms in total. The maximum atomic E-state index is 13.0. The second kappa shape index (κ2) is 4.64. The van der Waals surface area contributed by atoms with Gasteiger partial charge in [-0.05, 0) is 36.8 Å². The maximum absolute atomic E-state index is 13.0. The van der Waals surface area contributed by atoms with Gasteiger partial charge in [0.2, 0.25) is 10.6 Å². The van der Waals surface area contributed by atoms with Gasteiger partial charge < -0.3 is 0 Å². The number of nitrogens with zero attached hydrogens (tertiary/aromatic N) is 3. The van der Waals surface area contributed by atoms with Crippen molar-refractivity contribution in [1.29, 1.82) is 0 Å². The second-order valence-electron chi connectivity index (χ2n) is 3.95. The minimum atomic E-state index is -4.59. The van der Waals surface area contributed by atoms with Gasteiger partial charge in [-0.15, -0.1) is 5.10 Å². The Morgan fingerprint density at radius 1 is 1.32 bits per heavy atom. The number of hydrogen-bond donors (Lipinski definition) is 0. The first-order valence-corrected chi connectivity index (χ1v) is 6.01. The van der Waals surface area contributed by atoms with E-state index >= 15 is 0 Å². The van der Waals surface area contributed by atoms with E-state index in [1.165, 1.54) is 13.1 Å². The van der Waals surface area contributed by atoms with Gasteiger partial charge in [0.15, 0.2) is 0 Å². The summed E-state index contributed by atoms with van der Waals surface area (Å²) in [6.45, 7) is 1.63. The van der Waals surface area contributed by atoms with Crippen LogP contribution in [0.4, 0.5) is 13.2 Å². The number of halogens is 4. The summed E-state index contributed by atoms with van der Waals surface area (Å²) in [5.41, 5.74) is 0.789. The van der Waals surface area contributed by atoms with Gasteiger partial charge >= 0.3 is 6.18 Å². The van der Waals surface area contributed by atoms with E-state index in [0.717, 1.165) is 9.25 Å². The summed E-state index contributed by atoms with van der Waals surface area (Å²) >= 11 is 10.9. The Bertz CT molecular complexity index is 687. The van der Waals surface area contributed by atoms with Crippen LogP contribution in [-0.4, -0.2) is 14.3 Å². The van der Waals surface area contributed by atoms with Crippen molar-refractivity contribution in [1.82, 2.24) is 14.3 Å². The van der Waals surface area contributed by atoms with Crippen LogP contribution in [0, 0.1) is 11.7 Å². The Hall–Kier alpha value is -1.34. The van der Waals surface area contributed by atoms with Gasteiger partial charge in [-0.3, -0.25) is 4.57 Å². The highest BCUT2D eigenvalue weighted by Crippen LogP contribution is 2.32. The van der Waals surface area contributed by atoms with Crippen molar-refractivity contribution in [3.05, 3.63) is 39.4 Å². The molecule has 2 rings (SSSR count). The van der Waals surface area contributed by atoms with Gasteiger partial charge in [0.1, 0.15) is 0 Å². The van der Waals surface area contributed by atoms with E-state index in [-0.39, 0.29) is 10.5 Å². The van der Waals surface area contributed by atoms with Crippen molar-refractivity contribution in [2.45, 2.75) is 13.1 Å². The van der Waals surface area contributed by atoms with E-state index in [4.69, 9.17) is 23.8 Å². The zero-order chi connectivity index (χ0) is 14.4. The molecule has 8 heteroatoms. The Labute approximate surface area is 117 Å². The number of rotatable bonds is 1. The van der Waals surface area contributed by atoms with E-state index in [2.05, 4.69) is 5.10 Å². The SMILES string of the molecule is Cc1c(Cl)cccc1-n1c(C(F)(F)F)nn(C)c1=S. The van der Waals surface area contributed by atoms with Crippen molar-refractivity contribution in [2.24, 2.45) is 7.05 Å². The third kappa shape index (κ3) is 2.40. The predicted molar refractivity (Wildman–Crippen MR) is 68.1 cm³/mol. The molecule has 0 aliphatic heterocycles. The minimum Gasteiger partial charge on any atom is -0.264 e. The first kappa shape index (κ1) is 14.1. The lowest BCUT2D eigenvalue weighted by molar-refractivity contribution is -0.146. The fourth-order valence-corrected chi connectivity index (χ4v) is 2.10. The first-order chi connectivity index (χ1) is 8.73. The van der Waals surface area contributed by atoms with Gasteiger partial charge in [0, 0.05) is 12.1 Å². The molecule has 1 heterocycles. The molecule has 19 heavy (non-hydrogen) atoms. The molecule has 2 aromatic rings. The lowest BCUT2D eigenvalue weighted by Crippen LogP contribution is -2.14. The highest BCUT2D eigenvalue weighted by Gasteiger charge is 2.38. The first-order valence-electron chi connectivity index (χ1n) is 5.22. The fourth-order valence-electron chi connectivity index (χ4n) is 1.70. The van der Waals surface area contributed by atoms with Crippen LogP contribution in [0.2, 0.25) is 5.02 Å². The van der Waals surface area contributed by atoms with E-state index < -0.39 is 12.0 Å². The molecule has 0 saturated heterocycles. The van der Waals surface area contributed by atoms with Gasteiger partial charge in [0.05, 0.1) is 5.69 Å². The van der Waals surface area contributed by atoms with Gasteiger partial charge in [-0.25, -0.2) is 4.68 Å². The average molecular weight is 308 g/mol. The Kier molecular flexibility index (Phi) is 3.44. The lowest BCUT2D eigenvalue weighted by Gasteiger charge is -2.12. The van der Waals surface area contributed by atoms with Crippen LogP contribution in [0.5, 0.6) is 0 Å². The molecular weight excluding hydrogens is 299 g/mol. The number of aromatic nitrogens is 3. The van der Waals surface area contributed by atoms with Crippen molar-refractivity contribution >= 4 is 23.8 Å². The predicted octanol–water partition coefficient (Wildman–Crippen LogP) is 3.92. The van der Waals surface area contributed by atoms with Crippen LogP contribution < -0.4 is 0 Å². The summed E-state index contributed by atoms with van der Waals surface area (Å²) < 4.78 is 40.8. The van der Waals surface area contributed by atoms with E-state index in [1.54, 1.807) is 19.1 Å². The van der Waals surface area contributed by atoms with E-state index in [9.17, 15) is 13.2 Å². The van der Waals surface area contributed by atoms with E-state index in [1.807, 2.05) is 0 Å². The Morgan fingerprint density at radius 2 is 1.95 bits per heavy atom. The highest BCUT2D eigenvalue weighted by atomic mass is 35.5. The number of hydrogen-bond acceptors (Lipinski definition) is 2. The molecule has 0 aliphatic rings. The number of alkyl halides is 3. The van der Waals surface area contributed by atoms with Gasteiger partial charge in [0.25, 0.3) is 0 Å². The van der Waals surface area contributed by atoms with Crippen LogP contribution in [-0.2, 0) is 13.2 Å². The van der Waals surface area contributed by atoms with Crippen LogP contribution >= 0.6 is 23.8 Å². The zero-order valence-corrected chi connectivity index (χ0v) is 11.6. The minimum absolute atomic E-state index is 0.0438. The molecular formula is C11H9ClF3N3S. The molecule has 0 saturated carbocycles. The number of benzene rings is 1. The summed E-state index contributed by atoms with van der Waals surface area (Å²) in [4.78, 5) is 0. The van der Waals surface area contributed by atoms with Crippen LogP contribution in [0.1, 0.15) is 11.4 Å². The summed E-state index contributed by atoms with van der Waals surface area (Å²) in [6, 6.07) is 4.70. The third-order valence-electron chi connectivity index (χ3n) is 2.66. The summed E-state index contributed by atoms with van der Waals surface area (Å²) in [7, 11) is 1.37.